The van der Waals surface area contributed by atoms with Crippen molar-refractivity contribution in [1.29, 1.82) is 0 Å². The van der Waals surface area contributed by atoms with Gasteiger partial charge in [-0.05, 0) is 30.5 Å². The molecule has 6 heteroatoms. The third-order valence-electron chi connectivity index (χ3n) is 4.13. The smallest absolute Gasteiger partial charge is 0.243 e. The number of likely N-dealkylation sites (tertiary alicyclic amines) is 1. The minimum Gasteiger partial charge on any atom is -0.350 e. The van der Waals surface area contributed by atoms with Gasteiger partial charge in [-0.2, -0.15) is 0 Å². The molecule has 2 amide bonds. The molecule has 6 nitrogen and oxygen atoms in total. The predicted molar refractivity (Wildman–Crippen MR) is 83.0 cm³/mol. The number of aromatic amines is 1. The highest BCUT2D eigenvalue weighted by molar-refractivity contribution is 5.88. The molecule has 0 aliphatic carbocycles. The maximum Gasteiger partial charge on any atom is 0.243 e. The van der Waals surface area contributed by atoms with Gasteiger partial charge in [-0.3, -0.25) is 9.59 Å². The van der Waals surface area contributed by atoms with Crippen LogP contribution in [0, 0.1) is 0 Å². The molecule has 1 aliphatic heterocycles. The largest absolute Gasteiger partial charge is 0.350 e. The number of rotatable bonds is 4. The second-order valence-corrected chi connectivity index (χ2v) is 5.57. The number of imidazole rings is 1. The molecule has 0 radical (unpaired) electrons. The quantitative estimate of drug-likeness (QED) is 0.900. The normalized spacial score (nSPS) is 17.9. The third kappa shape index (κ3) is 2.81. The highest BCUT2D eigenvalue weighted by Gasteiger charge is 2.32. The Morgan fingerprint density at radius 2 is 2.32 bits per heavy atom. The zero-order chi connectivity index (χ0) is 15.5. The monoisotopic (exact) mass is 300 g/mol. The average molecular weight is 300 g/mol. The van der Waals surface area contributed by atoms with E-state index < -0.39 is 0 Å². The summed E-state index contributed by atoms with van der Waals surface area (Å²) in [5.74, 6) is -0.0134. The van der Waals surface area contributed by atoms with E-state index in [9.17, 15) is 9.59 Å². The van der Waals surface area contributed by atoms with Crippen LogP contribution in [0.5, 0.6) is 0 Å². The summed E-state index contributed by atoms with van der Waals surface area (Å²) < 4.78 is 0. The Labute approximate surface area is 128 Å². The highest BCUT2D eigenvalue weighted by atomic mass is 16.2. The van der Waals surface area contributed by atoms with Crippen molar-refractivity contribution >= 4 is 22.8 Å². The van der Waals surface area contributed by atoms with Crippen molar-refractivity contribution in [3.63, 3.8) is 0 Å². The van der Waals surface area contributed by atoms with Gasteiger partial charge in [-0.15, -0.1) is 0 Å². The van der Waals surface area contributed by atoms with Gasteiger partial charge in [0.1, 0.15) is 6.04 Å². The molecule has 2 N–H and O–H groups in total. The van der Waals surface area contributed by atoms with E-state index in [2.05, 4.69) is 15.3 Å². The van der Waals surface area contributed by atoms with E-state index >= 15 is 0 Å². The second-order valence-electron chi connectivity index (χ2n) is 5.57. The minimum absolute atomic E-state index is 0.0523. The lowest BCUT2D eigenvalue weighted by molar-refractivity contribution is -0.138. The molecule has 22 heavy (non-hydrogen) atoms. The molecule has 1 aromatic heterocycles. The topological polar surface area (TPSA) is 78.1 Å². The van der Waals surface area contributed by atoms with Crippen molar-refractivity contribution in [1.82, 2.24) is 20.2 Å². The summed E-state index contributed by atoms with van der Waals surface area (Å²) in [5, 5.41) is 2.94. The SMILES string of the molecule is CCC(=O)N1CCC[C@H]1C(=O)NCc1ccc2nc[nH]c2c1. The van der Waals surface area contributed by atoms with Gasteiger partial charge in [0, 0.05) is 19.5 Å². The molecule has 0 saturated carbocycles. The fourth-order valence-corrected chi connectivity index (χ4v) is 2.94. The number of nitrogens with one attached hydrogen (secondary N) is 2. The summed E-state index contributed by atoms with van der Waals surface area (Å²) in [6.45, 7) is 2.97. The van der Waals surface area contributed by atoms with E-state index in [1.165, 1.54) is 0 Å². The first-order valence-corrected chi connectivity index (χ1v) is 7.68. The number of nitrogens with zero attached hydrogens (tertiary/aromatic N) is 2. The Kier molecular flexibility index (Phi) is 4.09. The van der Waals surface area contributed by atoms with Gasteiger partial charge in [-0.25, -0.2) is 4.98 Å². The molecular weight excluding hydrogens is 280 g/mol. The van der Waals surface area contributed by atoms with Crippen molar-refractivity contribution in [2.24, 2.45) is 0 Å². The summed E-state index contributed by atoms with van der Waals surface area (Å²) in [7, 11) is 0. The van der Waals surface area contributed by atoms with Crippen LogP contribution in [0.15, 0.2) is 24.5 Å². The fraction of sp³-hybridized carbons (Fsp3) is 0.438. The molecule has 3 rings (SSSR count). The van der Waals surface area contributed by atoms with E-state index in [-0.39, 0.29) is 17.9 Å². The molecule has 1 aromatic carbocycles. The Morgan fingerprint density at radius 3 is 3.14 bits per heavy atom. The highest BCUT2D eigenvalue weighted by Crippen LogP contribution is 2.18. The van der Waals surface area contributed by atoms with Gasteiger partial charge in [0.25, 0.3) is 0 Å². The molecular formula is C16H20N4O2. The first-order chi connectivity index (χ1) is 10.7. The molecule has 2 heterocycles. The van der Waals surface area contributed by atoms with E-state index in [0.29, 0.717) is 19.5 Å². The van der Waals surface area contributed by atoms with Crippen molar-refractivity contribution in [2.75, 3.05) is 6.54 Å². The Bertz CT molecular complexity index is 694. The van der Waals surface area contributed by atoms with Crippen LogP contribution in [0.2, 0.25) is 0 Å². The van der Waals surface area contributed by atoms with Crippen LogP contribution in [-0.4, -0.2) is 39.3 Å². The number of carbonyl (C=O) groups excluding carboxylic acids is 2. The predicted octanol–water partition coefficient (Wildman–Crippen LogP) is 1.58. The van der Waals surface area contributed by atoms with Gasteiger partial charge in [0.2, 0.25) is 11.8 Å². The first-order valence-electron chi connectivity index (χ1n) is 7.68. The van der Waals surface area contributed by atoms with E-state index in [4.69, 9.17) is 0 Å². The molecule has 0 bridgehead atoms. The Morgan fingerprint density at radius 1 is 1.45 bits per heavy atom. The Hall–Kier alpha value is -2.37. The van der Waals surface area contributed by atoms with Crippen molar-refractivity contribution in [3.05, 3.63) is 30.1 Å². The third-order valence-corrected chi connectivity index (χ3v) is 4.13. The first kappa shape index (κ1) is 14.6. The molecule has 1 aliphatic rings. The van der Waals surface area contributed by atoms with Crippen LogP contribution in [-0.2, 0) is 16.1 Å². The van der Waals surface area contributed by atoms with E-state index in [1.807, 2.05) is 25.1 Å². The lowest BCUT2D eigenvalue weighted by Crippen LogP contribution is -2.45. The Balaban J connectivity index is 1.62. The molecule has 1 saturated heterocycles. The van der Waals surface area contributed by atoms with E-state index in [1.54, 1.807) is 11.2 Å². The van der Waals surface area contributed by atoms with Crippen LogP contribution < -0.4 is 5.32 Å². The number of hydrogen-bond acceptors (Lipinski definition) is 3. The number of H-pyrrole nitrogens is 1. The van der Waals surface area contributed by atoms with Gasteiger partial charge in [-0.1, -0.05) is 13.0 Å². The summed E-state index contributed by atoms with van der Waals surface area (Å²) in [4.78, 5) is 33.1. The van der Waals surface area contributed by atoms with Crippen molar-refractivity contribution in [3.8, 4) is 0 Å². The maximum absolute atomic E-state index is 12.3. The van der Waals surface area contributed by atoms with Crippen LogP contribution in [0.4, 0.5) is 0 Å². The summed E-state index contributed by atoms with van der Waals surface area (Å²) in [6, 6.07) is 5.54. The molecule has 116 valence electrons. The number of hydrogen-bond donors (Lipinski definition) is 2. The molecule has 2 aromatic rings. The van der Waals surface area contributed by atoms with E-state index in [0.717, 1.165) is 29.4 Å². The van der Waals surface area contributed by atoms with Crippen LogP contribution in [0.3, 0.4) is 0 Å². The van der Waals surface area contributed by atoms with Crippen LogP contribution in [0.25, 0.3) is 11.0 Å². The van der Waals surface area contributed by atoms with Gasteiger partial charge >= 0.3 is 0 Å². The summed E-state index contributed by atoms with van der Waals surface area (Å²) >= 11 is 0. The molecule has 0 spiro atoms. The lowest BCUT2D eigenvalue weighted by atomic mass is 10.1. The molecule has 0 unspecified atom stereocenters. The summed E-state index contributed by atoms with van der Waals surface area (Å²) in [6.07, 6.45) is 3.74. The average Bonchev–Trinajstić information content (AvgIpc) is 3.19. The number of amides is 2. The van der Waals surface area contributed by atoms with Crippen LogP contribution >= 0.6 is 0 Å². The number of carbonyl (C=O) groups is 2. The van der Waals surface area contributed by atoms with Crippen molar-refractivity contribution < 1.29 is 9.59 Å². The standard InChI is InChI=1S/C16H20N4O2/c1-2-15(21)20-7-3-4-14(20)16(22)17-9-11-5-6-12-13(8-11)19-10-18-12/h5-6,8,10,14H,2-4,7,9H2,1H3,(H,17,22)(H,18,19)/t14-/m0/s1. The van der Waals surface area contributed by atoms with Gasteiger partial charge < -0.3 is 15.2 Å². The summed E-state index contributed by atoms with van der Waals surface area (Å²) in [5.41, 5.74) is 2.87. The fourth-order valence-electron chi connectivity index (χ4n) is 2.94. The number of fused-ring (bicyclic) bond motifs is 1. The maximum atomic E-state index is 12.3. The zero-order valence-corrected chi connectivity index (χ0v) is 12.6. The van der Waals surface area contributed by atoms with Crippen LogP contribution in [0.1, 0.15) is 31.7 Å². The van der Waals surface area contributed by atoms with Gasteiger partial charge in [0.15, 0.2) is 0 Å². The second kappa shape index (κ2) is 6.17. The van der Waals surface area contributed by atoms with Crippen molar-refractivity contribution in [2.45, 2.75) is 38.8 Å². The lowest BCUT2D eigenvalue weighted by Gasteiger charge is -2.23. The van der Waals surface area contributed by atoms with Gasteiger partial charge in [0.05, 0.1) is 17.4 Å². The minimum atomic E-state index is -0.316. The molecule has 1 fully saturated rings. The molecule has 1 atom stereocenters. The number of benzene rings is 1. The number of aromatic nitrogens is 2. The zero-order valence-electron chi connectivity index (χ0n) is 12.6.